The Balaban J connectivity index is 2.08. The van der Waals surface area contributed by atoms with Crippen molar-refractivity contribution in [3.8, 4) is 0 Å². The number of nitrogens with zero attached hydrogens (tertiary/aromatic N) is 1. The zero-order valence-corrected chi connectivity index (χ0v) is 11.6. The lowest BCUT2D eigenvalue weighted by atomic mass is 10.0. The van der Waals surface area contributed by atoms with Crippen LogP contribution in [-0.4, -0.2) is 23.7 Å². The van der Waals surface area contributed by atoms with Crippen LogP contribution in [0.25, 0.3) is 0 Å². The fraction of sp³-hybridized carbons (Fsp3) is 0.562. The summed E-state index contributed by atoms with van der Waals surface area (Å²) in [6.45, 7) is 2.86. The van der Waals surface area contributed by atoms with Crippen molar-refractivity contribution in [2.45, 2.75) is 45.1 Å². The SMILES string of the molecule is CCC1CCC(N(CCC(=O)O)c2ccccc2)C1. The molecule has 1 aliphatic carbocycles. The Morgan fingerprint density at radius 3 is 2.63 bits per heavy atom. The quantitative estimate of drug-likeness (QED) is 0.851. The molecule has 0 heterocycles. The van der Waals surface area contributed by atoms with Gasteiger partial charge in [-0.15, -0.1) is 0 Å². The molecule has 1 aromatic rings. The van der Waals surface area contributed by atoms with E-state index in [-0.39, 0.29) is 6.42 Å². The van der Waals surface area contributed by atoms with Crippen molar-refractivity contribution in [3.63, 3.8) is 0 Å². The molecule has 0 amide bonds. The van der Waals surface area contributed by atoms with Crippen LogP contribution in [-0.2, 0) is 4.79 Å². The second-order valence-corrected chi connectivity index (χ2v) is 5.41. The maximum absolute atomic E-state index is 10.8. The molecule has 0 aromatic heterocycles. The number of para-hydroxylation sites is 1. The van der Waals surface area contributed by atoms with Crippen molar-refractivity contribution in [2.75, 3.05) is 11.4 Å². The molecule has 0 saturated heterocycles. The number of anilines is 1. The van der Waals surface area contributed by atoms with E-state index in [2.05, 4.69) is 24.0 Å². The van der Waals surface area contributed by atoms with Crippen LogP contribution in [0.5, 0.6) is 0 Å². The summed E-state index contributed by atoms with van der Waals surface area (Å²) >= 11 is 0. The molecular weight excluding hydrogens is 238 g/mol. The molecule has 104 valence electrons. The molecular formula is C16H23NO2. The largest absolute Gasteiger partial charge is 0.481 e. The monoisotopic (exact) mass is 261 g/mol. The first-order valence-electron chi connectivity index (χ1n) is 7.24. The lowest BCUT2D eigenvalue weighted by Gasteiger charge is -2.31. The maximum atomic E-state index is 10.8. The fourth-order valence-electron chi connectivity index (χ4n) is 3.06. The number of carboxylic acid groups (broad SMARTS) is 1. The van der Waals surface area contributed by atoms with E-state index in [1.165, 1.54) is 25.7 Å². The van der Waals surface area contributed by atoms with Crippen LogP contribution in [0, 0.1) is 5.92 Å². The molecule has 3 heteroatoms. The number of carbonyl (C=O) groups is 1. The lowest BCUT2D eigenvalue weighted by Crippen LogP contribution is -2.35. The van der Waals surface area contributed by atoms with Crippen LogP contribution >= 0.6 is 0 Å². The number of rotatable bonds is 6. The van der Waals surface area contributed by atoms with Gasteiger partial charge < -0.3 is 10.0 Å². The second kappa shape index (κ2) is 6.60. The highest BCUT2D eigenvalue weighted by molar-refractivity contribution is 5.67. The summed E-state index contributed by atoms with van der Waals surface area (Å²) in [6.07, 6.45) is 5.11. The number of hydrogen-bond acceptors (Lipinski definition) is 2. The van der Waals surface area contributed by atoms with Gasteiger partial charge in [-0.2, -0.15) is 0 Å². The van der Waals surface area contributed by atoms with Crippen molar-refractivity contribution in [2.24, 2.45) is 5.92 Å². The van der Waals surface area contributed by atoms with Gasteiger partial charge >= 0.3 is 5.97 Å². The summed E-state index contributed by atoms with van der Waals surface area (Å²) in [4.78, 5) is 13.1. The van der Waals surface area contributed by atoms with Crippen molar-refractivity contribution in [3.05, 3.63) is 30.3 Å². The highest BCUT2D eigenvalue weighted by atomic mass is 16.4. The molecule has 19 heavy (non-hydrogen) atoms. The average molecular weight is 261 g/mol. The van der Waals surface area contributed by atoms with Crippen LogP contribution < -0.4 is 4.90 Å². The zero-order valence-electron chi connectivity index (χ0n) is 11.6. The van der Waals surface area contributed by atoms with Gasteiger partial charge in [0, 0.05) is 18.3 Å². The number of carboxylic acids is 1. The zero-order chi connectivity index (χ0) is 13.7. The standard InChI is InChI=1S/C16H23NO2/c1-2-13-8-9-15(12-13)17(11-10-16(18)19)14-6-4-3-5-7-14/h3-7,13,15H,2,8-12H2,1H3,(H,18,19). The topological polar surface area (TPSA) is 40.5 Å². The molecule has 0 spiro atoms. The molecule has 1 aliphatic rings. The van der Waals surface area contributed by atoms with Crippen LogP contribution in [0.2, 0.25) is 0 Å². The molecule has 1 fully saturated rings. The van der Waals surface area contributed by atoms with Crippen LogP contribution in [0.3, 0.4) is 0 Å². The summed E-state index contributed by atoms with van der Waals surface area (Å²) in [7, 11) is 0. The Kier molecular flexibility index (Phi) is 4.83. The summed E-state index contributed by atoms with van der Waals surface area (Å²) in [6, 6.07) is 10.7. The Morgan fingerprint density at radius 1 is 1.32 bits per heavy atom. The lowest BCUT2D eigenvalue weighted by molar-refractivity contribution is -0.136. The van der Waals surface area contributed by atoms with E-state index in [1.54, 1.807) is 0 Å². The first-order valence-corrected chi connectivity index (χ1v) is 7.24. The van der Waals surface area contributed by atoms with Gasteiger partial charge in [-0.3, -0.25) is 4.79 Å². The van der Waals surface area contributed by atoms with E-state index < -0.39 is 5.97 Å². The number of hydrogen-bond donors (Lipinski definition) is 1. The maximum Gasteiger partial charge on any atom is 0.305 e. The van der Waals surface area contributed by atoms with E-state index in [0.717, 1.165) is 11.6 Å². The molecule has 1 N–H and O–H groups in total. The average Bonchev–Trinajstić information content (AvgIpc) is 2.89. The predicted molar refractivity (Wildman–Crippen MR) is 77.5 cm³/mol. The van der Waals surface area contributed by atoms with E-state index >= 15 is 0 Å². The Bertz CT molecular complexity index is 404. The molecule has 1 saturated carbocycles. The van der Waals surface area contributed by atoms with Crippen molar-refractivity contribution in [1.29, 1.82) is 0 Å². The summed E-state index contributed by atoms with van der Waals surface area (Å²) in [5.41, 5.74) is 1.16. The predicted octanol–water partition coefficient (Wildman–Crippen LogP) is 3.55. The molecule has 0 aliphatic heterocycles. The number of benzene rings is 1. The minimum atomic E-state index is -0.717. The molecule has 2 rings (SSSR count). The Hall–Kier alpha value is -1.51. The van der Waals surface area contributed by atoms with Crippen LogP contribution in [0.4, 0.5) is 5.69 Å². The van der Waals surface area contributed by atoms with Gasteiger partial charge in [-0.1, -0.05) is 31.5 Å². The van der Waals surface area contributed by atoms with Gasteiger partial charge in [-0.25, -0.2) is 0 Å². The summed E-state index contributed by atoms with van der Waals surface area (Å²) in [5, 5.41) is 8.92. The normalized spacial score (nSPS) is 22.4. The summed E-state index contributed by atoms with van der Waals surface area (Å²) in [5.74, 6) is 0.0898. The minimum absolute atomic E-state index is 0.211. The van der Waals surface area contributed by atoms with Crippen molar-refractivity contribution in [1.82, 2.24) is 0 Å². The molecule has 3 nitrogen and oxygen atoms in total. The third-order valence-electron chi connectivity index (χ3n) is 4.19. The van der Waals surface area contributed by atoms with E-state index in [1.807, 2.05) is 18.2 Å². The van der Waals surface area contributed by atoms with Crippen LogP contribution in [0.1, 0.15) is 39.0 Å². The number of aliphatic carboxylic acids is 1. The Morgan fingerprint density at radius 2 is 2.05 bits per heavy atom. The van der Waals surface area contributed by atoms with E-state index in [9.17, 15) is 4.79 Å². The van der Waals surface area contributed by atoms with Gasteiger partial charge in [0.1, 0.15) is 0 Å². The first kappa shape index (κ1) is 13.9. The van der Waals surface area contributed by atoms with Crippen molar-refractivity contribution >= 4 is 11.7 Å². The minimum Gasteiger partial charge on any atom is -0.481 e. The van der Waals surface area contributed by atoms with Gasteiger partial charge in [0.15, 0.2) is 0 Å². The Labute approximate surface area is 115 Å². The molecule has 0 radical (unpaired) electrons. The first-order chi connectivity index (χ1) is 9.20. The highest BCUT2D eigenvalue weighted by Gasteiger charge is 2.28. The van der Waals surface area contributed by atoms with Gasteiger partial charge in [-0.05, 0) is 37.3 Å². The fourth-order valence-corrected chi connectivity index (χ4v) is 3.06. The summed E-state index contributed by atoms with van der Waals surface area (Å²) < 4.78 is 0. The smallest absolute Gasteiger partial charge is 0.305 e. The van der Waals surface area contributed by atoms with E-state index in [4.69, 9.17) is 5.11 Å². The highest BCUT2D eigenvalue weighted by Crippen LogP contribution is 2.33. The third-order valence-corrected chi connectivity index (χ3v) is 4.19. The second-order valence-electron chi connectivity index (χ2n) is 5.41. The van der Waals surface area contributed by atoms with Crippen molar-refractivity contribution < 1.29 is 9.90 Å². The molecule has 1 aromatic carbocycles. The molecule has 2 atom stereocenters. The van der Waals surface area contributed by atoms with Gasteiger partial charge in [0.25, 0.3) is 0 Å². The van der Waals surface area contributed by atoms with E-state index in [0.29, 0.717) is 12.6 Å². The van der Waals surface area contributed by atoms with Crippen LogP contribution in [0.15, 0.2) is 30.3 Å². The van der Waals surface area contributed by atoms with Gasteiger partial charge in [0.2, 0.25) is 0 Å². The molecule has 0 bridgehead atoms. The van der Waals surface area contributed by atoms with Gasteiger partial charge in [0.05, 0.1) is 6.42 Å². The molecule has 2 unspecified atom stereocenters. The third kappa shape index (κ3) is 3.72.